The highest BCUT2D eigenvalue weighted by molar-refractivity contribution is 5.76. The van der Waals surface area contributed by atoms with E-state index >= 15 is 0 Å². The average Bonchev–Trinajstić information content (AvgIpc) is 3.07. The van der Waals surface area contributed by atoms with Gasteiger partial charge in [-0.15, -0.1) is 0 Å². The summed E-state index contributed by atoms with van der Waals surface area (Å²) in [5, 5.41) is 7.54. The minimum Gasteiger partial charge on any atom is -0.383 e. The summed E-state index contributed by atoms with van der Waals surface area (Å²) in [6.07, 6.45) is 3.16. The molecule has 0 bridgehead atoms. The van der Waals surface area contributed by atoms with Crippen molar-refractivity contribution >= 4 is 16.9 Å². The Morgan fingerprint density at radius 1 is 1.30 bits per heavy atom. The zero-order chi connectivity index (χ0) is 19.4. The van der Waals surface area contributed by atoms with Crippen molar-refractivity contribution < 1.29 is 9.53 Å². The molecule has 8 heteroatoms. The zero-order valence-electron chi connectivity index (χ0n) is 15.7. The monoisotopic (exact) mass is 369 g/mol. The Balaban J connectivity index is 1.77. The minimum atomic E-state index is -0.212. The number of hydrogen-bond acceptors (Lipinski definition) is 5. The van der Waals surface area contributed by atoms with Gasteiger partial charge in [0, 0.05) is 26.1 Å². The highest BCUT2D eigenvalue weighted by atomic mass is 16.5. The van der Waals surface area contributed by atoms with Gasteiger partial charge in [-0.05, 0) is 26.0 Å². The molecule has 0 aliphatic rings. The maximum Gasteiger partial charge on any atom is 0.264 e. The standard InChI is InChI=1S/C19H23N5O3/c1-13-4-6-15(7-5-13)24-18-16(10-21-24)19(26)23(12-20-18)9-8-17(25)22-14(2)11-27-3/h4-7,10,12,14H,8-9,11H2,1-3H3,(H,22,25). The number of carbonyl (C=O) groups is 1. The van der Waals surface area contributed by atoms with Gasteiger partial charge in [-0.2, -0.15) is 5.10 Å². The quantitative estimate of drug-likeness (QED) is 0.680. The predicted molar refractivity (Wildman–Crippen MR) is 102 cm³/mol. The SMILES string of the molecule is COCC(C)NC(=O)CCn1cnc2c(cnn2-c2ccc(C)cc2)c1=O. The molecule has 8 nitrogen and oxygen atoms in total. The average molecular weight is 369 g/mol. The maximum atomic E-state index is 12.7. The molecule has 0 saturated heterocycles. The number of benzene rings is 1. The van der Waals surface area contributed by atoms with Crippen molar-refractivity contribution in [3.63, 3.8) is 0 Å². The van der Waals surface area contributed by atoms with Crippen molar-refractivity contribution in [2.75, 3.05) is 13.7 Å². The van der Waals surface area contributed by atoms with Gasteiger partial charge in [0.15, 0.2) is 5.65 Å². The highest BCUT2D eigenvalue weighted by Crippen LogP contribution is 2.14. The third-order valence-corrected chi connectivity index (χ3v) is 4.24. The second-order valence-electron chi connectivity index (χ2n) is 6.55. The van der Waals surface area contributed by atoms with Gasteiger partial charge in [0.1, 0.15) is 5.39 Å². The van der Waals surface area contributed by atoms with Crippen molar-refractivity contribution in [1.82, 2.24) is 24.6 Å². The van der Waals surface area contributed by atoms with Gasteiger partial charge in [0.05, 0.1) is 24.8 Å². The lowest BCUT2D eigenvalue weighted by molar-refractivity contribution is -0.122. The first-order valence-electron chi connectivity index (χ1n) is 8.78. The number of ether oxygens (including phenoxy) is 1. The molecule has 1 unspecified atom stereocenters. The van der Waals surface area contributed by atoms with Gasteiger partial charge < -0.3 is 10.1 Å². The number of amides is 1. The molecule has 1 aromatic carbocycles. The summed E-state index contributed by atoms with van der Waals surface area (Å²) < 4.78 is 8.06. The van der Waals surface area contributed by atoms with Crippen LogP contribution in [0.4, 0.5) is 0 Å². The number of nitrogens with one attached hydrogen (secondary N) is 1. The van der Waals surface area contributed by atoms with E-state index in [0.717, 1.165) is 11.3 Å². The van der Waals surface area contributed by atoms with E-state index in [1.807, 2.05) is 38.1 Å². The van der Waals surface area contributed by atoms with Crippen LogP contribution in [0.2, 0.25) is 0 Å². The Hall–Kier alpha value is -3.00. The summed E-state index contributed by atoms with van der Waals surface area (Å²) in [5.74, 6) is -0.137. The first-order valence-corrected chi connectivity index (χ1v) is 8.78. The van der Waals surface area contributed by atoms with E-state index in [2.05, 4.69) is 15.4 Å². The predicted octanol–water partition coefficient (Wildman–Crippen LogP) is 1.43. The molecule has 1 atom stereocenters. The summed E-state index contributed by atoms with van der Waals surface area (Å²) in [6, 6.07) is 7.74. The molecule has 142 valence electrons. The Bertz CT molecular complexity index is 991. The van der Waals surface area contributed by atoms with E-state index < -0.39 is 0 Å². The van der Waals surface area contributed by atoms with Crippen molar-refractivity contribution in [2.24, 2.45) is 0 Å². The normalized spacial score (nSPS) is 12.3. The number of carbonyl (C=O) groups excluding carboxylic acids is 1. The van der Waals surface area contributed by atoms with Crippen LogP contribution in [0.3, 0.4) is 0 Å². The van der Waals surface area contributed by atoms with Crippen LogP contribution < -0.4 is 10.9 Å². The molecule has 1 N–H and O–H groups in total. The van der Waals surface area contributed by atoms with Crippen LogP contribution >= 0.6 is 0 Å². The molecule has 3 rings (SSSR count). The lowest BCUT2D eigenvalue weighted by Crippen LogP contribution is -2.36. The maximum absolute atomic E-state index is 12.7. The van der Waals surface area contributed by atoms with E-state index in [0.29, 0.717) is 17.6 Å². The molecule has 2 aromatic heterocycles. The summed E-state index contributed by atoms with van der Waals surface area (Å²) in [4.78, 5) is 29.0. The molecule has 2 heterocycles. The lowest BCUT2D eigenvalue weighted by atomic mass is 10.2. The van der Waals surface area contributed by atoms with E-state index in [1.165, 1.54) is 17.1 Å². The fourth-order valence-corrected chi connectivity index (χ4v) is 2.84. The summed E-state index contributed by atoms with van der Waals surface area (Å²) in [7, 11) is 1.58. The van der Waals surface area contributed by atoms with Crippen LogP contribution in [0.1, 0.15) is 18.9 Å². The second-order valence-corrected chi connectivity index (χ2v) is 6.55. The van der Waals surface area contributed by atoms with Gasteiger partial charge in [-0.3, -0.25) is 14.2 Å². The smallest absolute Gasteiger partial charge is 0.264 e. The number of aryl methyl sites for hydroxylation is 2. The molecule has 0 spiro atoms. The van der Waals surface area contributed by atoms with Gasteiger partial charge in [-0.1, -0.05) is 17.7 Å². The Labute approximate surface area is 156 Å². The fourth-order valence-electron chi connectivity index (χ4n) is 2.84. The first-order chi connectivity index (χ1) is 13.0. The topological polar surface area (TPSA) is 91.0 Å². The molecule has 0 fully saturated rings. The molecule has 27 heavy (non-hydrogen) atoms. The molecule has 1 amide bonds. The molecule has 0 aliphatic heterocycles. The molecule has 0 aliphatic carbocycles. The van der Waals surface area contributed by atoms with E-state index in [9.17, 15) is 9.59 Å². The number of fused-ring (bicyclic) bond motifs is 1. The van der Waals surface area contributed by atoms with Gasteiger partial charge in [-0.25, -0.2) is 9.67 Å². The van der Waals surface area contributed by atoms with E-state index in [4.69, 9.17) is 4.74 Å². The van der Waals surface area contributed by atoms with Gasteiger partial charge in [0.25, 0.3) is 5.56 Å². The first kappa shape index (κ1) is 18.8. The third kappa shape index (κ3) is 4.22. The van der Waals surface area contributed by atoms with Crippen LogP contribution in [-0.4, -0.2) is 45.0 Å². The zero-order valence-corrected chi connectivity index (χ0v) is 15.7. The van der Waals surface area contributed by atoms with Crippen molar-refractivity contribution in [3.05, 3.63) is 52.7 Å². The fraction of sp³-hybridized carbons (Fsp3) is 0.368. The van der Waals surface area contributed by atoms with Crippen molar-refractivity contribution in [3.8, 4) is 5.69 Å². The Morgan fingerprint density at radius 2 is 2.04 bits per heavy atom. The molecular formula is C19H23N5O3. The molecule has 0 saturated carbocycles. The number of nitrogens with zero attached hydrogens (tertiary/aromatic N) is 4. The molecule has 3 aromatic rings. The number of rotatable bonds is 7. The van der Waals surface area contributed by atoms with Crippen molar-refractivity contribution in [1.29, 1.82) is 0 Å². The molecular weight excluding hydrogens is 346 g/mol. The number of aromatic nitrogens is 4. The lowest BCUT2D eigenvalue weighted by Gasteiger charge is -2.13. The van der Waals surface area contributed by atoms with Crippen LogP contribution in [0, 0.1) is 6.92 Å². The summed E-state index contributed by atoms with van der Waals surface area (Å²) in [6.45, 7) is 4.56. The Kier molecular flexibility index (Phi) is 5.66. The van der Waals surface area contributed by atoms with Crippen LogP contribution in [-0.2, 0) is 16.1 Å². The van der Waals surface area contributed by atoms with Gasteiger partial charge >= 0.3 is 0 Å². The van der Waals surface area contributed by atoms with E-state index in [-0.39, 0.29) is 30.5 Å². The number of hydrogen-bond donors (Lipinski definition) is 1. The van der Waals surface area contributed by atoms with Crippen LogP contribution in [0.25, 0.3) is 16.7 Å². The van der Waals surface area contributed by atoms with E-state index in [1.54, 1.807) is 11.8 Å². The molecule has 0 radical (unpaired) electrons. The van der Waals surface area contributed by atoms with Crippen molar-refractivity contribution in [2.45, 2.75) is 32.9 Å². The highest BCUT2D eigenvalue weighted by Gasteiger charge is 2.13. The second kappa shape index (κ2) is 8.13. The largest absolute Gasteiger partial charge is 0.383 e. The Morgan fingerprint density at radius 3 is 2.74 bits per heavy atom. The van der Waals surface area contributed by atoms with Crippen LogP contribution in [0.15, 0.2) is 41.6 Å². The van der Waals surface area contributed by atoms with Gasteiger partial charge in [0.2, 0.25) is 5.91 Å². The third-order valence-electron chi connectivity index (χ3n) is 4.24. The van der Waals surface area contributed by atoms with Crippen LogP contribution in [0.5, 0.6) is 0 Å². The number of methoxy groups -OCH3 is 1. The summed E-state index contributed by atoms with van der Waals surface area (Å²) in [5.41, 5.74) is 2.27. The summed E-state index contributed by atoms with van der Waals surface area (Å²) >= 11 is 0. The minimum absolute atomic E-state index is 0.0763.